The summed E-state index contributed by atoms with van der Waals surface area (Å²) in [6.07, 6.45) is 6.45. The van der Waals surface area contributed by atoms with E-state index in [1.54, 1.807) is 17.2 Å². The molecule has 1 aromatic carbocycles. The van der Waals surface area contributed by atoms with Crippen LogP contribution in [0.3, 0.4) is 0 Å². The lowest BCUT2D eigenvalue weighted by Crippen LogP contribution is -2.46. The van der Waals surface area contributed by atoms with Crippen molar-refractivity contribution in [2.75, 3.05) is 0 Å². The summed E-state index contributed by atoms with van der Waals surface area (Å²) in [5, 5.41) is 10.5. The fourth-order valence-electron chi connectivity index (χ4n) is 4.33. The molecule has 1 saturated carbocycles. The van der Waals surface area contributed by atoms with Gasteiger partial charge in [0.05, 0.1) is 5.52 Å². The van der Waals surface area contributed by atoms with Gasteiger partial charge in [0.1, 0.15) is 6.04 Å². The highest BCUT2D eigenvalue weighted by Crippen LogP contribution is 2.40. The van der Waals surface area contributed by atoms with Crippen LogP contribution in [0.15, 0.2) is 36.5 Å². The number of carbonyl (C=O) groups excluding carboxylic acids is 1. The number of carboxylic acids is 1. The number of aliphatic carboxylic acids is 1. The topological polar surface area (TPSA) is 70.5 Å². The van der Waals surface area contributed by atoms with E-state index in [1.807, 2.05) is 24.3 Å². The van der Waals surface area contributed by atoms with Crippen LogP contribution in [0.5, 0.6) is 0 Å². The average molecular weight is 324 g/mol. The molecule has 1 N–H and O–H groups in total. The number of nitrogens with zero attached hydrogens (tertiary/aromatic N) is 2. The van der Waals surface area contributed by atoms with Crippen LogP contribution in [0.1, 0.15) is 42.5 Å². The van der Waals surface area contributed by atoms with Crippen molar-refractivity contribution in [2.24, 2.45) is 5.92 Å². The van der Waals surface area contributed by atoms with Crippen LogP contribution < -0.4 is 0 Å². The molecular weight excluding hydrogens is 304 g/mol. The quantitative estimate of drug-likeness (QED) is 0.921. The number of pyridine rings is 1. The van der Waals surface area contributed by atoms with E-state index in [9.17, 15) is 14.7 Å². The third-order valence-corrected chi connectivity index (χ3v) is 5.46. The number of amides is 1. The van der Waals surface area contributed by atoms with Gasteiger partial charge in [0, 0.05) is 23.2 Å². The first kappa shape index (κ1) is 15.1. The Morgan fingerprint density at radius 1 is 1.17 bits per heavy atom. The molecule has 1 aromatic heterocycles. The molecule has 0 unspecified atom stereocenters. The van der Waals surface area contributed by atoms with Crippen LogP contribution in [0.4, 0.5) is 0 Å². The second kappa shape index (κ2) is 5.89. The molecule has 3 atom stereocenters. The van der Waals surface area contributed by atoms with Gasteiger partial charge in [-0.15, -0.1) is 0 Å². The van der Waals surface area contributed by atoms with Crippen molar-refractivity contribution in [2.45, 2.75) is 44.2 Å². The van der Waals surface area contributed by atoms with Gasteiger partial charge in [-0.05, 0) is 49.4 Å². The Morgan fingerprint density at radius 2 is 2.00 bits per heavy atom. The molecule has 24 heavy (non-hydrogen) atoms. The van der Waals surface area contributed by atoms with Gasteiger partial charge in [0.25, 0.3) is 5.91 Å². The Morgan fingerprint density at radius 3 is 2.83 bits per heavy atom. The minimum atomic E-state index is -0.889. The molecule has 1 saturated heterocycles. The number of hydrogen-bond acceptors (Lipinski definition) is 3. The van der Waals surface area contributed by atoms with Crippen LogP contribution in [-0.4, -0.2) is 39.0 Å². The van der Waals surface area contributed by atoms with Crippen molar-refractivity contribution >= 4 is 22.8 Å². The van der Waals surface area contributed by atoms with Crippen molar-refractivity contribution in [3.05, 3.63) is 42.1 Å². The summed E-state index contributed by atoms with van der Waals surface area (Å²) < 4.78 is 0. The van der Waals surface area contributed by atoms with Crippen LogP contribution in [0.25, 0.3) is 10.9 Å². The lowest BCUT2D eigenvalue weighted by atomic mass is 9.84. The minimum absolute atomic E-state index is 0.0666. The number of likely N-dealkylation sites (tertiary alicyclic amines) is 1. The number of fused-ring (bicyclic) bond motifs is 2. The smallest absolute Gasteiger partial charge is 0.326 e. The van der Waals surface area contributed by atoms with Crippen LogP contribution in [0, 0.1) is 5.92 Å². The Hall–Kier alpha value is -2.43. The van der Waals surface area contributed by atoms with Gasteiger partial charge in [0.15, 0.2) is 0 Å². The first-order chi connectivity index (χ1) is 11.6. The maximum atomic E-state index is 13.1. The molecule has 0 radical (unpaired) electrons. The summed E-state index contributed by atoms with van der Waals surface area (Å²) in [5.74, 6) is -0.728. The lowest BCUT2D eigenvalue weighted by molar-refractivity contribution is -0.141. The first-order valence-corrected chi connectivity index (χ1v) is 8.55. The molecule has 1 aliphatic heterocycles. The standard InChI is InChI=1S/C19H20N2O3/c22-18(14-7-8-15-12(10-14)5-3-9-20-15)21-16-6-2-1-4-13(16)11-17(21)19(23)24/h3,5,7-10,13,16-17H,1-2,4,6,11H2,(H,23,24)/t13-,16+,17+/m1/s1. The number of aromatic nitrogens is 1. The second-order valence-electron chi connectivity index (χ2n) is 6.82. The van der Waals surface area contributed by atoms with E-state index in [0.717, 1.165) is 36.6 Å². The summed E-state index contributed by atoms with van der Waals surface area (Å²) in [6.45, 7) is 0. The summed E-state index contributed by atoms with van der Waals surface area (Å²) in [6, 6.07) is 8.52. The number of rotatable bonds is 2. The van der Waals surface area contributed by atoms with Crippen molar-refractivity contribution in [3.8, 4) is 0 Å². The summed E-state index contributed by atoms with van der Waals surface area (Å²) in [7, 11) is 0. The van der Waals surface area contributed by atoms with E-state index >= 15 is 0 Å². The predicted molar refractivity (Wildman–Crippen MR) is 89.7 cm³/mol. The molecule has 2 fully saturated rings. The maximum absolute atomic E-state index is 13.1. The molecule has 1 amide bonds. The predicted octanol–water partition coefficient (Wildman–Crippen LogP) is 3.09. The average Bonchev–Trinajstić information content (AvgIpc) is 3.00. The molecular formula is C19H20N2O3. The SMILES string of the molecule is O=C(O)[C@@H]1C[C@H]2CCCC[C@@H]2N1C(=O)c1ccc2ncccc2c1. The molecule has 1 aliphatic carbocycles. The maximum Gasteiger partial charge on any atom is 0.326 e. The Kier molecular flexibility index (Phi) is 3.71. The van der Waals surface area contributed by atoms with E-state index in [0.29, 0.717) is 17.9 Å². The normalized spacial score (nSPS) is 26.3. The molecule has 0 spiro atoms. The molecule has 5 nitrogen and oxygen atoms in total. The fourth-order valence-corrected chi connectivity index (χ4v) is 4.33. The van der Waals surface area contributed by atoms with Crippen LogP contribution >= 0.6 is 0 Å². The number of carboxylic acid groups (broad SMARTS) is 1. The van der Waals surface area contributed by atoms with E-state index in [4.69, 9.17) is 0 Å². The molecule has 2 aliphatic rings. The summed E-state index contributed by atoms with van der Waals surface area (Å²) in [4.78, 5) is 30.7. The van der Waals surface area contributed by atoms with E-state index < -0.39 is 12.0 Å². The van der Waals surface area contributed by atoms with Gasteiger partial charge in [0.2, 0.25) is 0 Å². The highest BCUT2D eigenvalue weighted by atomic mass is 16.4. The Bertz CT molecular complexity index is 804. The third kappa shape index (κ3) is 2.44. The van der Waals surface area contributed by atoms with Gasteiger partial charge in [-0.25, -0.2) is 4.79 Å². The van der Waals surface area contributed by atoms with Gasteiger partial charge in [-0.2, -0.15) is 0 Å². The molecule has 0 bridgehead atoms. The van der Waals surface area contributed by atoms with Gasteiger partial charge < -0.3 is 10.0 Å². The number of carbonyl (C=O) groups is 2. The van der Waals surface area contributed by atoms with E-state index in [1.165, 1.54) is 0 Å². The monoisotopic (exact) mass is 324 g/mol. The highest BCUT2D eigenvalue weighted by Gasteiger charge is 2.47. The van der Waals surface area contributed by atoms with Crippen molar-refractivity contribution in [3.63, 3.8) is 0 Å². The summed E-state index contributed by atoms with van der Waals surface area (Å²) in [5.41, 5.74) is 1.38. The molecule has 124 valence electrons. The second-order valence-corrected chi connectivity index (χ2v) is 6.82. The van der Waals surface area contributed by atoms with Crippen molar-refractivity contribution in [1.82, 2.24) is 9.88 Å². The zero-order valence-electron chi connectivity index (χ0n) is 13.4. The van der Waals surface area contributed by atoms with Crippen molar-refractivity contribution < 1.29 is 14.7 Å². The van der Waals surface area contributed by atoms with Gasteiger partial charge in [-0.3, -0.25) is 9.78 Å². The number of hydrogen-bond donors (Lipinski definition) is 1. The van der Waals surface area contributed by atoms with E-state index in [2.05, 4.69) is 4.98 Å². The fraction of sp³-hybridized carbons (Fsp3) is 0.421. The van der Waals surface area contributed by atoms with Crippen LogP contribution in [-0.2, 0) is 4.79 Å². The molecule has 2 aromatic rings. The van der Waals surface area contributed by atoms with Gasteiger partial charge >= 0.3 is 5.97 Å². The molecule has 2 heterocycles. The van der Waals surface area contributed by atoms with E-state index in [-0.39, 0.29) is 11.9 Å². The Balaban J connectivity index is 1.70. The minimum Gasteiger partial charge on any atom is -0.480 e. The molecule has 5 heteroatoms. The first-order valence-electron chi connectivity index (χ1n) is 8.55. The zero-order chi connectivity index (χ0) is 16.7. The van der Waals surface area contributed by atoms with Crippen molar-refractivity contribution in [1.29, 1.82) is 0 Å². The third-order valence-electron chi connectivity index (χ3n) is 5.46. The van der Waals surface area contributed by atoms with Gasteiger partial charge in [-0.1, -0.05) is 18.9 Å². The zero-order valence-corrected chi connectivity index (χ0v) is 13.4. The highest BCUT2D eigenvalue weighted by molar-refractivity contribution is 6.00. The number of benzene rings is 1. The Labute approximate surface area is 140 Å². The van der Waals surface area contributed by atoms with Crippen LogP contribution in [0.2, 0.25) is 0 Å². The summed E-state index contributed by atoms with van der Waals surface area (Å²) >= 11 is 0. The molecule has 4 rings (SSSR count). The largest absolute Gasteiger partial charge is 0.480 e. The lowest BCUT2D eigenvalue weighted by Gasteiger charge is -2.33.